The lowest BCUT2D eigenvalue weighted by Crippen LogP contribution is -2.39. The van der Waals surface area contributed by atoms with E-state index >= 15 is 0 Å². The van der Waals surface area contributed by atoms with E-state index in [4.69, 9.17) is 14.2 Å². The van der Waals surface area contributed by atoms with Crippen LogP contribution in [0.2, 0.25) is 0 Å². The van der Waals surface area contributed by atoms with E-state index in [1.54, 1.807) is 27.7 Å². The van der Waals surface area contributed by atoms with Gasteiger partial charge in [0.05, 0.1) is 13.2 Å². The molecule has 0 amide bonds. The van der Waals surface area contributed by atoms with E-state index in [1.807, 2.05) is 0 Å². The van der Waals surface area contributed by atoms with Crippen molar-refractivity contribution >= 4 is 17.7 Å². The first-order chi connectivity index (χ1) is 9.73. The fourth-order valence-electron chi connectivity index (χ4n) is 2.06. The smallest absolute Gasteiger partial charge is 0.335 e. The highest BCUT2D eigenvalue weighted by atomic mass is 16.6. The summed E-state index contributed by atoms with van der Waals surface area (Å²) >= 11 is 0. The third-order valence-electron chi connectivity index (χ3n) is 3.02. The lowest BCUT2D eigenvalue weighted by molar-refractivity contribution is -0.174. The van der Waals surface area contributed by atoms with Gasteiger partial charge in [-0.05, 0) is 40.5 Å². The molecule has 1 aliphatic rings. The topological polar surface area (TPSA) is 78.9 Å². The van der Waals surface area contributed by atoms with Crippen molar-refractivity contribution in [3.63, 3.8) is 0 Å². The maximum atomic E-state index is 11.9. The third kappa shape index (κ3) is 6.25. The lowest BCUT2D eigenvalue weighted by Gasteiger charge is -2.29. The molecule has 6 nitrogen and oxygen atoms in total. The highest BCUT2D eigenvalue weighted by molar-refractivity contribution is 5.97. The zero-order valence-corrected chi connectivity index (χ0v) is 13.1. The molecule has 2 unspecified atom stereocenters. The quantitative estimate of drug-likeness (QED) is 0.567. The van der Waals surface area contributed by atoms with Crippen LogP contribution in [0.1, 0.15) is 47.0 Å². The molecule has 0 spiro atoms. The largest absolute Gasteiger partial charge is 0.466 e. The molecule has 1 heterocycles. The Morgan fingerprint density at radius 3 is 2.33 bits per heavy atom. The molecule has 21 heavy (non-hydrogen) atoms. The summed E-state index contributed by atoms with van der Waals surface area (Å²) in [6.07, 6.45) is 0.0748. The Kier molecular flexibility index (Phi) is 6.33. The van der Waals surface area contributed by atoms with Crippen molar-refractivity contribution in [2.75, 3.05) is 13.2 Å². The van der Waals surface area contributed by atoms with Crippen LogP contribution in [0.4, 0.5) is 0 Å². The van der Waals surface area contributed by atoms with Crippen LogP contribution in [0.5, 0.6) is 0 Å². The minimum absolute atomic E-state index is 0.141. The monoisotopic (exact) mass is 300 g/mol. The molecule has 0 aromatic rings. The molecule has 1 fully saturated rings. The van der Waals surface area contributed by atoms with Gasteiger partial charge in [0.25, 0.3) is 0 Å². The minimum Gasteiger partial charge on any atom is -0.466 e. The molecule has 0 aliphatic carbocycles. The molecule has 120 valence electrons. The Morgan fingerprint density at radius 2 is 1.86 bits per heavy atom. The van der Waals surface area contributed by atoms with E-state index in [0.29, 0.717) is 12.8 Å². The maximum Gasteiger partial charge on any atom is 0.335 e. The third-order valence-corrected chi connectivity index (χ3v) is 3.02. The van der Waals surface area contributed by atoms with E-state index < -0.39 is 23.6 Å². The van der Waals surface area contributed by atoms with Crippen molar-refractivity contribution in [1.29, 1.82) is 0 Å². The number of carbonyl (C=O) groups excluding carboxylic acids is 3. The number of carbonyl (C=O) groups is 3. The summed E-state index contributed by atoms with van der Waals surface area (Å²) in [7, 11) is 0. The number of hydrogen-bond acceptors (Lipinski definition) is 6. The van der Waals surface area contributed by atoms with Crippen LogP contribution in [-0.2, 0) is 28.6 Å². The van der Waals surface area contributed by atoms with Gasteiger partial charge in [-0.2, -0.15) is 0 Å². The van der Waals surface area contributed by atoms with Gasteiger partial charge in [0.1, 0.15) is 17.8 Å². The molecular weight excluding hydrogens is 276 g/mol. The molecule has 6 heteroatoms. The average Bonchev–Trinajstić information content (AvgIpc) is 2.37. The zero-order valence-electron chi connectivity index (χ0n) is 13.1. The van der Waals surface area contributed by atoms with Gasteiger partial charge in [-0.25, -0.2) is 4.79 Å². The number of ketones is 1. The predicted molar refractivity (Wildman–Crippen MR) is 74.6 cm³/mol. The van der Waals surface area contributed by atoms with E-state index in [9.17, 15) is 14.4 Å². The minimum atomic E-state index is -0.629. The lowest BCUT2D eigenvalue weighted by atomic mass is 9.93. The van der Waals surface area contributed by atoms with Crippen LogP contribution in [0, 0.1) is 5.92 Å². The van der Waals surface area contributed by atoms with Gasteiger partial charge in [0.15, 0.2) is 6.10 Å². The highest BCUT2D eigenvalue weighted by Gasteiger charge is 2.33. The van der Waals surface area contributed by atoms with Crippen LogP contribution in [-0.4, -0.2) is 42.6 Å². The van der Waals surface area contributed by atoms with Crippen molar-refractivity contribution < 1.29 is 28.6 Å². The molecule has 0 N–H and O–H groups in total. The summed E-state index contributed by atoms with van der Waals surface area (Å²) in [6, 6.07) is 0. The second-order valence-corrected chi connectivity index (χ2v) is 6.08. The molecule has 0 radical (unpaired) electrons. The van der Waals surface area contributed by atoms with Gasteiger partial charge < -0.3 is 14.2 Å². The molecule has 0 bridgehead atoms. The molecule has 0 aromatic carbocycles. The van der Waals surface area contributed by atoms with Gasteiger partial charge in [-0.15, -0.1) is 0 Å². The van der Waals surface area contributed by atoms with E-state index in [1.165, 1.54) is 0 Å². The van der Waals surface area contributed by atoms with E-state index in [-0.39, 0.29) is 31.3 Å². The van der Waals surface area contributed by atoms with Crippen LogP contribution in [0.3, 0.4) is 0 Å². The number of Topliss-reactive ketones (excluding diaryl/α,β-unsaturated/α-hetero) is 1. The van der Waals surface area contributed by atoms with Crippen LogP contribution in [0.25, 0.3) is 0 Å². The average molecular weight is 300 g/mol. The Bertz CT molecular complexity index is 387. The molecular formula is C15H24O6. The SMILES string of the molecule is CCOC(=O)CC(=O)C1CCC(C(=O)OC(C)(C)C)OC1. The first-order valence-corrected chi connectivity index (χ1v) is 7.25. The van der Waals surface area contributed by atoms with Gasteiger partial charge >= 0.3 is 11.9 Å². The van der Waals surface area contributed by atoms with Gasteiger partial charge in [0, 0.05) is 5.92 Å². The number of rotatable bonds is 5. The molecule has 1 aliphatic heterocycles. The Hall–Kier alpha value is -1.43. The summed E-state index contributed by atoms with van der Waals surface area (Å²) in [5, 5.41) is 0. The molecule has 1 rings (SSSR count). The van der Waals surface area contributed by atoms with E-state index in [0.717, 1.165) is 0 Å². The molecule has 0 aromatic heterocycles. The van der Waals surface area contributed by atoms with Gasteiger partial charge in [-0.1, -0.05) is 0 Å². The summed E-state index contributed by atoms with van der Waals surface area (Å²) in [5.74, 6) is -1.47. The molecule has 2 atom stereocenters. The standard InChI is InChI=1S/C15H24O6/c1-5-19-13(17)8-11(16)10-6-7-12(20-9-10)14(18)21-15(2,3)4/h10,12H,5-9H2,1-4H3. The summed E-state index contributed by atoms with van der Waals surface area (Å²) in [6.45, 7) is 7.46. The number of esters is 2. The fourth-order valence-corrected chi connectivity index (χ4v) is 2.06. The second kappa shape index (κ2) is 7.54. The van der Waals surface area contributed by atoms with Crippen molar-refractivity contribution in [3.8, 4) is 0 Å². The van der Waals surface area contributed by atoms with Crippen LogP contribution in [0.15, 0.2) is 0 Å². The fraction of sp³-hybridized carbons (Fsp3) is 0.800. The summed E-state index contributed by atoms with van der Waals surface area (Å²) in [5.41, 5.74) is -0.559. The highest BCUT2D eigenvalue weighted by Crippen LogP contribution is 2.23. The first-order valence-electron chi connectivity index (χ1n) is 7.25. The predicted octanol–water partition coefficient (Wildman–Crippen LogP) is 1.65. The summed E-state index contributed by atoms with van der Waals surface area (Å²) in [4.78, 5) is 35.0. The van der Waals surface area contributed by atoms with Crippen molar-refractivity contribution in [2.45, 2.75) is 58.7 Å². The molecule has 1 saturated heterocycles. The Labute approximate surface area is 125 Å². The zero-order chi connectivity index (χ0) is 16.0. The second-order valence-electron chi connectivity index (χ2n) is 6.08. The van der Waals surface area contributed by atoms with Crippen LogP contribution >= 0.6 is 0 Å². The van der Waals surface area contributed by atoms with Crippen molar-refractivity contribution in [3.05, 3.63) is 0 Å². The first kappa shape index (κ1) is 17.6. The maximum absolute atomic E-state index is 11.9. The molecule has 0 saturated carbocycles. The Balaban J connectivity index is 2.40. The van der Waals surface area contributed by atoms with Crippen LogP contribution < -0.4 is 0 Å². The van der Waals surface area contributed by atoms with Crippen molar-refractivity contribution in [2.24, 2.45) is 5.92 Å². The van der Waals surface area contributed by atoms with Gasteiger partial charge in [0.2, 0.25) is 0 Å². The number of hydrogen-bond donors (Lipinski definition) is 0. The van der Waals surface area contributed by atoms with E-state index in [2.05, 4.69) is 0 Å². The number of ether oxygens (including phenoxy) is 3. The normalized spacial score (nSPS) is 22.5. The summed E-state index contributed by atoms with van der Waals surface area (Å²) < 4.78 is 15.4. The Morgan fingerprint density at radius 1 is 1.19 bits per heavy atom. The van der Waals surface area contributed by atoms with Crippen molar-refractivity contribution in [1.82, 2.24) is 0 Å². The van der Waals surface area contributed by atoms with Gasteiger partial charge in [-0.3, -0.25) is 9.59 Å².